The lowest BCUT2D eigenvalue weighted by Crippen LogP contribution is -1.99. The number of hydrogen-bond acceptors (Lipinski definition) is 3. The van der Waals surface area contributed by atoms with Crippen molar-refractivity contribution in [3.05, 3.63) is 35.7 Å². The van der Waals surface area contributed by atoms with Crippen LogP contribution in [0, 0.1) is 0 Å². The van der Waals surface area contributed by atoms with Crippen LogP contribution < -0.4 is 0 Å². The highest BCUT2D eigenvalue weighted by atomic mass is 32.1. The topological polar surface area (TPSA) is 50.2 Å². The van der Waals surface area contributed by atoms with E-state index < -0.39 is 5.97 Å². The minimum absolute atomic E-state index is 0.274. The van der Waals surface area contributed by atoms with Crippen LogP contribution in [0.1, 0.15) is 22.3 Å². The molecule has 14 heavy (non-hydrogen) atoms. The van der Waals surface area contributed by atoms with E-state index in [1.54, 1.807) is 12.3 Å². The molecular formula is C10H11NO2S. The molecule has 0 aromatic carbocycles. The minimum Gasteiger partial charge on any atom is -0.478 e. The van der Waals surface area contributed by atoms with Gasteiger partial charge in [0.2, 0.25) is 0 Å². The largest absolute Gasteiger partial charge is 0.478 e. The highest BCUT2D eigenvalue weighted by molar-refractivity contribution is 7.80. The molecule has 0 aliphatic rings. The maximum atomic E-state index is 10.8. The van der Waals surface area contributed by atoms with Crippen molar-refractivity contribution in [2.75, 3.05) is 5.75 Å². The van der Waals surface area contributed by atoms with Gasteiger partial charge in [0.15, 0.2) is 0 Å². The Kier molecular flexibility index (Phi) is 4.19. The van der Waals surface area contributed by atoms with Gasteiger partial charge in [0, 0.05) is 18.0 Å². The van der Waals surface area contributed by atoms with E-state index in [1.807, 2.05) is 6.08 Å². The smallest absolute Gasteiger partial charge is 0.336 e. The molecule has 4 heteroatoms. The number of hydrogen-bond donors (Lipinski definition) is 2. The third-order valence-corrected chi connectivity index (χ3v) is 1.93. The summed E-state index contributed by atoms with van der Waals surface area (Å²) in [4.78, 5) is 14.7. The summed E-state index contributed by atoms with van der Waals surface area (Å²) in [5.74, 6) is -0.183. The van der Waals surface area contributed by atoms with E-state index in [4.69, 9.17) is 5.11 Å². The molecule has 0 spiro atoms. The number of pyridine rings is 1. The Balaban J connectivity index is 2.90. The van der Waals surface area contributed by atoms with E-state index in [0.717, 1.165) is 12.2 Å². The van der Waals surface area contributed by atoms with Crippen molar-refractivity contribution in [3.8, 4) is 0 Å². The maximum Gasteiger partial charge on any atom is 0.336 e. The van der Waals surface area contributed by atoms with Crippen LogP contribution in [-0.4, -0.2) is 21.8 Å². The summed E-state index contributed by atoms with van der Waals surface area (Å²) in [7, 11) is 0. The Hall–Kier alpha value is -1.29. The van der Waals surface area contributed by atoms with Gasteiger partial charge in [-0.25, -0.2) is 4.79 Å². The Morgan fingerprint density at radius 3 is 3.07 bits per heavy atom. The summed E-state index contributed by atoms with van der Waals surface area (Å²) < 4.78 is 0. The normalized spacial score (nSPS) is 10.6. The van der Waals surface area contributed by atoms with Gasteiger partial charge >= 0.3 is 5.97 Å². The van der Waals surface area contributed by atoms with Crippen LogP contribution in [0.3, 0.4) is 0 Å². The molecule has 0 aliphatic heterocycles. The molecule has 1 N–H and O–H groups in total. The Bertz CT molecular complexity index is 350. The van der Waals surface area contributed by atoms with Gasteiger partial charge in [-0.2, -0.15) is 12.6 Å². The molecular weight excluding hydrogens is 198 g/mol. The van der Waals surface area contributed by atoms with Crippen molar-refractivity contribution in [2.45, 2.75) is 6.42 Å². The minimum atomic E-state index is -0.932. The molecule has 1 aromatic rings. The van der Waals surface area contributed by atoms with Crippen LogP contribution in [0.2, 0.25) is 0 Å². The first kappa shape index (κ1) is 10.8. The van der Waals surface area contributed by atoms with Crippen molar-refractivity contribution in [1.82, 2.24) is 4.98 Å². The first-order valence-electron chi connectivity index (χ1n) is 4.20. The molecule has 0 saturated carbocycles. The van der Waals surface area contributed by atoms with Crippen LogP contribution in [0.4, 0.5) is 0 Å². The predicted octanol–water partition coefficient (Wildman–Crippen LogP) is 2.11. The molecule has 0 aliphatic carbocycles. The van der Waals surface area contributed by atoms with E-state index in [9.17, 15) is 4.79 Å². The lowest BCUT2D eigenvalue weighted by Gasteiger charge is -1.98. The molecule has 0 amide bonds. The average Bonchev–Trinajstić information content (AvgIpc) is 2.19. The van der Waals surface area contributed by atoms with Gasteiger partial charge in [-0.15, -0.1) is 0 Å². The van der Waals surface area contributed by atoms with Gasteiger partial charge in [-0.1, -0.05) is 12.2 Å². The van der Waals surface area contributed by atoms with Crippen molar-refractivity contribution >= 4 is 24.7 Å². The third kappa shape index (κ3) is 2.88. The van der Waals surface area contributed by atoms with Crippen LogP contribution in [0.5, 0.6) is 0 Å². The predicted molar refractivity (Wildman–Crippen MR) is 58.7 cm³/mol. The summed E-state index contributed by atoms with van der Waals surface area (Å²) in [6.45, 7) is 0. The summed E-state index contributed by atoms with van der Waals surface area (Å²) in [5, 5.41) is 8.85. The molecule has 0 saturated heterocycles. The second-order valence-corrected chi connectivity index (χ2v) is 3.13. The van der Waals surface area contributed by atoms with Gasteiger partial charge in [-0.3, -0.25) is 4.98 Å². The number of aromatic carboxylic acids is 1. The Morgan fingerprint density at radius 1 is 1.64 bits per heavy atom. The molecule has 0 atom stereocenters. The zero-order valence-corrected chi connectivity index (χ0v) is 8.45. The fourth-order valence-corrected chi connectivity index (χ4v) is 1.17. The molecule has 1 heterocycles. The van der Waals surface area contributed by atoms with E-state index >= 15 is 0 Å². The zero-order chi connectivity index (χ0) is 10.4. The van der Waals surface area contributed by atoms with E-state index in [0.29, 0.717) is 5.56 Å². The number of carbonyl (C=O) groups is 1. The third-order valence-electron chi connectivity index (χ3n) is 1.68. The molecule has 1 aromatic heterocycles. The van der Waals surface area contributed by atoms with Crippen molar-refractivity contribution in [2.24, 2.45) is 0 Å². The number of carboxylic acids is 1. The number of allylic oxidation sites excluding steroid dienone is 1. The van der Waals surface area contributed by atoms with Gasteiger partial charge in [0.25, 0.3) is 0 Å². The number of nitrogens with zero attached hydrogens (tertiary/aromatic N) is 1. The van der Waals surface area contributed by atoms with Gasteiger partial charge in [-0.05, 0) is 18.2 Å². The SMILES string of the molecule is O=C(O)c1ccncc1C=CCCS. The summed E-state index contributed by atoms with van der Waals surface area (Å²) in [5.41, 5.74) is 0.900. The second kappa shape index (κ2) is 5.44. The van der Waals surface area contributed by atoms with Crippen molar-refractivity contribution in [1.29, 1.82) is 0 Å². The monoisotopic (exact) mass is 209 g/mol. The van der Waals surface area contributed by atoms with Crippen molar-refractivity contribution in [3.63, 3.8) is 0 Å². The highest BCUT2D eigenvalue weighted by Gasteiger charge is 2.05. The van der Waals surface area contributed by atoms with Crippen LogP contribution in [0.15, 0.2) is 24.5 Å². The van der Waals surface area contributed by atoms with Crippen LogP contribution >= 0.6 is 12.6 Å². The lowest BCUT2D eigenvalue weighted by molar-refractivity contribution is 0.0696. The first-order valence-corrected chi connectivity index (χ1v) is 4.83. The number of carboxylic acid groups (broad SMARTS) is 1. The van der Waals surface area contributed by atoms with E-state index in [1.165, 1.54) is 12.3 Å². The second-order valence-electron chi connectivity index (χ2n) is 2.68. The lowest BCUT2D eigenvalue weighted by atomic mass is 10.1. The standard InChI is InChI=1S/C10H11NO2S/c12-10(13)9-4-5-11-7-8(9)3-1-2-6-14/h1,3-5,7,14H,2,6H2,(H,12,13). The van der Waals surface area contributed by atoms with Gasteiger partial charge < -0.3 is 5.11 Å². The van der Waals surface area contributed by atoms with E-state index in [2.05, 4.69) is 17.6 Å². The first-order chi connectivity index (χ1) is 6.75. The highest BCUT2D eigenvalue weighted by Crippen LogP contribution is 2.09. The average molecular weight is 209 g/mol. The zero-order valence-electron chi connectivity index (χ0n) is 7.55. The quantitative estimate of drug-likeness (QED) is 0.747. The van der Waals surface area contributed by atoms with Crippen molar-refractivity contribution < 1.29 is 9.90 Å². The van der Waals surface area contributed by atoms with E-state index in [-0.39, 0.29) is 5.56 Å². The fraction of sp³-hybridized carbons (Fsp3) is 0.200. The number of aromatic nitrogens is 1. The molecule has 0 radical (unpaired) electrons. The molecule has 1 rings (SSSR count). The Labute approximate surface area is 87.9 Å². The summed E-state index contributed by atoms with van der Waals surface area (Å²) in [6.07, 6.45) is 7.47. The van der Waals surface area contributed by atoms with Crippen LogP contribution in [0.25, 0.3) is 6.08 Å². The maximum absolute atomic E-state index is 10.8. The number of thiol groups is 1. The molecule has 3 nitrogen and oxygen atoms in total. The van der Waals surface area contributed by atoms with Crippen LogP contribution in [-0.2, 0) is 0 Å². The molecule has 0 fully saturated rings. The number of rotatable bonds is 4. The molecule has 0 bridgehead atoms. The summed E-state index contributed by atoms with van der Waals surface area (Å²) >= 11 is 4.05. The molecule has 0 unspecified atom stereocenters. The van der Waals surface area contributed by atoms with Gasteiger partial charge in [0.1, 0.15) is 0 Å². The fourth-order valence-electron chi connectivity index (χ4n) is 1.02. The Morgan fingerprint density at radius 2 is 2.43 bits per heavy atom. The molecule has 74 valence electrons. The summed E-state index contributed by atoms with van der Waals surface area (Å²) in [6, 6.07) is 1.49. The van der Waals surface area contributed by atoms with Gasteiger partial charge in [0.05, 0.1) is 5.56 Å².